The number of rotatable bonds is 1. The Bertz CT molecular complexity index is 26.9. The van der Waals surface area contributed by atoms with Crippen LogP contribution in [0.15, 0.2) is 0 Å². The van der Waals surface area contributed by atoms with Crippen LogP contribution in [0.3, 0.4) is 0 Å². The Morgan fingerprint density at radius 1 is 1.29 bits per heavy atom. The van der Waals surface area contributed by atoms with Crippen LogP contribution in [0.25, 0.3) is 0 Å². The second-order valence-corrected chi connectivity index (χ2v) is 2.27. The quantitative estimate of drug-likeness (QED) is 0.573. The van der Waals surface area contributed by atoms with Gasteiger partial charge in [0.25, 0.3) is 0 Å². The van der Waals surface area contributed by atoms with E-state index < -0.39 is 0 Å². The molecule has 0 fully saturated rings. The molecule has 7 heavy (non-hydrogen) atoms. The van der Waals surface area contributed by atoms with Crippen molar-refractivity contribution in [2.75, 3.05) is 0 Å². The van der Waals surface area contributed by atoms with E-state index in [1.165, 1.54) is 0 Å². The van der Waals surface area contributed by atoms with Gasteiger partial charge in [0, 0.05) is 0 Å². The Morgan fingerprint density at radius 2 is 1.43 bits per heavy atom. The van der Waals surface area contributed by atoms with Crippen molar-refractivity contribution < 1.29 is 3.53 Å². The van der Waals surface area contributed by atoms with E-state index in [0.29, 0.717) is 25.1 Å². The molecule has 0 unspecified atom stereocenters. The first-order valence-electron chi connectivity index (χ1n) is 1.80. The fourth-order valence-electron chi connectivity index (χ4n) is 0. The first-order chi connectivity index (χ1) is 2.27. The monoisotopic (exact) mass is 202 g/mol. The molecular formula is C3H11Cl2GaO. The molecule has 0 heterocycles. The Hall–Kier alpha value is 1.18. The normalized spacial score (nSPS) is 6.71. The minimum atomic E-state index is 0. The van der Waals surface area contributed by atoms with Gasteiger partial charge in [-0.3, -0.25) is 0 Å². The molecule has 0 spiro atoms. The maximum absolute atomic E-state index is 4.94. The summed E-state index contributed by atoms with van der Waals surface area (Å²) < 4.78 is 4.94. The van der Waals surface area contributed by atoms with Crippen LogP contribution in [-0.4, -0.2) is 25.1 Å². The Labute approximate surface area is 67.3 Å². The van der Waals surface area contributed by atoms with Crippen LogP contribution < -0.4 is 0 Å². The maximum Gasteiger partial charge on any atom is -0.147 e. The van der Waals surface area contributed by atoms with Gasteiger partial charge in [-0.25, -0.2) is 0 Å². The second-order valence-electron chi connectivity index (χ2n) is 1.28. The van der Waals surface area contributed by atoms with Crippen LogP contribution >= 0.6 is 24.8 Å². The van der Waals surface area contributed by atoms with Gasteiger partial charge in [-0.1, -0.05) is 0 Å². The van der Waals surface area contributed by atoms with E-state index in [4.69, 9.17) is 3.53 Å². The summed E-state index contributed by atoms with van der Waals surface area (Å²) in [5, 5.41) is 0. The topological polar surface area (TPSA) is 9.23 Å². The van der Waals surface area contributed by atoms with Crippen molar-refractivity contribution in [2.24, 2.45) is 0 Å². The van der Waals surface area contributed by atoms with E-state index in [9.17, 15) is 0 Å². The molecule has 0 atom stereocenters. The number of hydrogen-bond donors (Lipinski definition) is 0. The van der Waals surface area contributed by atoms with E-state index in [1.54, 1.807) is 0 Å². The maximum atomic E-state index is 4.94. The van der Waals surface area contributed by atoms with Crippen molar-refractivity contribution in [3.05, 3.63) is 0 Å². The molecule has 0 rings (SSSR count). The van der Waals surface area contributed by atoms with Gasteiger partial charge in [0.15, 0.2) is 0 Å². The molecular weight excluding hydrogens is 193 g/mol. The summed E-state index contributed by atoms with van der Waals surface area (Å²) in [5.74, 6) is 0. The molecule has 0 saturated heterocycles. The van der Waals surface area contributed by atoms with E-state index in [-0.39, 0.29) is 24.8 Å². The summed E-state index contributed by atoms with van der Waals surface area (Å²) in [4.78, 5) is 0. The SMILES string of the molecule is CC(C)[O][GaH2].Cl.Cl. The predicted molar refractivity (Wildman–Crippen MR) is 39.3 cm³/mol. The number of halogens is 2. The Kier molecular flexibility index (Phi) is 22.9. The molecule has 0 aromatic rings. The minimum absolute atomic E-state index is 0. The van der Waals surface area contributed by atoms with Crippen molar-refractivity contribution >= 4 is 43.8 Å². The standard InChI is InChI=1S/C3H7O.2ClH.Ga.2H/c1-3(2)4;;;;;/h3H,1-2H3;2*1H;;;/q-1;;;+1;;. The summed E-state index contributed by atoms with van der Waals surface area (Å²) in [6, 6.07) is 0. The fourth-order valence-corrected chi connectivity index (χ4v) is 0. The molecule has 0 aromatic heterocycles. The average molecular weight is 204 g/mol. The Balaban J connectivity index is -0.0000000800. The third-order valence-corrected chi connectivity index (χ3v) is 2.45. The zero-order valence-electron chi connectivity index (χ0n) is 4.80. The van der Waals surface area contributed by atoms with Crippen LogP contribution in [0, 0.1) is 0 Å². The molecule has 0 N–H and O–H groups in total. The first kappa shape index (κ1) is 15.7. The van der Waals surface area contributed by atoms with Crippen LogP contribution in [0.2, 0.25) is 0 Å². The Morgan fingerprint density at radius 3 is 1.43 bits per heavy atom. The van der Waals surface area contributed by atoms with Crippen molar-refractivity contribution in [1.82, 2.24) is 0 Å². The van der Waals surface area contributed by atoms with E-state index in [2.05, 4.69) is 0 Å². The van der Waals surface area contributed by atoms with Crippen molar-refractivity contribution in [3.63, 3.8) is 0 Å². The molecule has 0 bridgehead atoms. The molecule has 0 radical (unpaired) electrons. The molecule has 0 saturated carbocycles. The van der Waals surface area contributed by atoms with E-state index in [1.807, 2.05) is 13.8 Å². The summed E-state index contributed by atoms with van der Waals surface area (Å²) >= 11 is 0.584. The molecule has 4 heteroatoms. The van der Waals surface area contributed by atoms with Gasteiger partial charge < -0.3 is 0 Å². The van der Waals surface area contributed by atoms with Crippen LogP contribution in [0.4, 0.5) is 0 Å². The zero-order valence-corrected chi connectivity index (χ0v) is 10.6. The van der Waals surface area contributed by atoms with Crippen LogP contribution in [-0.2, 0) is 3.53 Å². The van der Waals surface area contributed by atoms with Gasteiger partial charge in [-0.15, -0.1) is 24.8 Å². The smallest absolute Gasteiger partial charge is 0.147 e. The van der Waals surface area contributed by atoms with Crippen LogP contribution in [0.5, 0.6) is 0 Å². The van der Waals surface area contributed by atoms with Gasteiger partial charge in [-0.05, 0) is 0 Å². The summed E-state index contributed by atoms with van der Waals surface area (Å²) in [6.45, 7) is 4.09. The van der Waals surface area contributed by atoms with Crippen molar-refractivity contribution in [1.29, 1.82) is 0 Å². The average Bonchev–Trinajstić information content (AvgIpc) is 1.38. The van der Waals surface area contributed by atoms with Crippen molar-refractivity contribution in [2.45, 2.75) is 20.0 Å². The fraction of sp³-hybridized carbons (Fsp3) is 1.00. The predicted octanol–water partition coefficient (Wildman–Crippen LogP) is 0.803. The molecule has 0 amide bonds. The van der Waals surface area contributed by atoms with Crippen molar-refractivity contribution in [3.8, 4) is 0 Å². The van der Waals surface area contributed by atoms with E-state index >= 15 is 0 Å². The van der Waals surface area contributed by atoms with E-state index in [0.717, 1.165) is 0 Å². The van der Waals surface area contributed by atoms with Gasteiger partial charge >= 0.3 is 42.4 Å². The molecule has 0 aliphatic carbocycles. The third-order valence-electron chi connectivity index (χ3n) is 0.471. The second kappa shape index (κ2) is 10.2. The van der Waals surface area contributed by atoms with Gasteiger partial charge in [0.1, 0.15) is 0 Å². The van der Waals surface area contributed by atoms with Crippen LogP contribution in [0.1, 0.15) is 13.8 Å². The minimum Gasteiger partial charge on any atom is -0.147 e. The molecule has 0 aliphatic heterocycles. The van der Waals surface area contributed by atoms with Gasteiger partial charge in [0.05, 0.1) is 0 Å². The zero-order chi connectivity index (χ0) is 4.28. The van der Waals surface area contributed by atoms with Gasteiger partial charge in [0.2, 0.25) is 0 Å². The first-order valence-corrected chi connectivity index (χ1v) is 3.51. The third kappa shape index (κ3) is 19.1. The molecule has 1 nitrogen and oxygen atoms in total. The summed E-state index contributed by atoms with van der Waals surface area (Å²) in [6.07, 6.45) is 0.468. The molecule has 0 aromatic carbocycles. The molecule has 0 aliphatic rings. The summed E-state index contributed by atoms with van der Waals surface area (Å²) in [7, 11) is 0. The number of hydrogen-bond acceptors (Lipinski definition) is 1. The molecule has 46 valence electrons. The largest absolute Gasteiger partial charge is 0.147 e. The van der Waals surface area contributed by atoms with Gasteiger partial charge in [-0.2, -0.15) is 0 Å². The summed E-state index contributed by atoms with van der Waals surface area (Å²) in [5.41, 5.74) is 0.